The summed E-state index contributed by atoms with van der Waals surface area (Å²) in [6, 6.07) is 0. The molecule has 0 spiro atoms. The van der Waals surface area contributed by atoms with Crippen LogP contribution in [-0.4, -0.2) is 34.8 Å². The summed E-state index contributed by atoms with van der Waals surface area (Å²) >= 11 is 3.64. The number of hydrogen-bond donors (Lipinski definition) is 1. The van der Waals surface area contributed by atoms with E-state index in [1.54, 1.807) is 6.20 Å². The normalized spacial score (nSPS) is 18.9. The lowest BCUT2D eigenvalue weighted by molar-refractivity contribution is -0.160. The molecule has 0 bridgehead atoms. The molecule has 1 N–H and O–H groups in total. The summed E-state index contributed by atoms with van der Waals surface area (Å²) in [5, 5.41) is 9.77. The molecule has 0 aromatic carbocycles. The van der Waals surface area contributed by atoms with Crippen molar-refractivity contribution in [2.75, 3.05) is 18.0 Å². The minimum Gasteiger partial charge on any atom is -0.479 e. The number of nitrogens with zero attached hydrogens (tertiary/aromatic N) is 2. The Balaban J connectivity index is 2.48. The van der Waals surface area contributed by atoms with Gasteiger partial charge in [-0.15, -0.1) is 0 Å². The summed E-state index contributed by atoms with van der Waals surface area (Å²) in [6.07, 6.45) is 2.74. The molecule has 140 valence electrons. The first-order valence-corrected chi connectivity index (χ1v) is 9.51. The van der Waals surface area contributed by atoms with Crippen LogP contribution in [0.5, 0.6) is 0 Å². The van der Waals surface area contributed by atoms with Crippen LogP contribution in [-0.2, 0) is 9.53 Å². The number of anilines is 1. The highest BCUT2D eigenvalue weighted by Gasteiger charge is 2.34. The Morgan fingerprint density at radius 1 is 1.36 bits per heavy atom. The van der Waals surface area contributed by atoms with Crippen LogP contribution in [0.2, 0.25) is 0 Å². The van der Waals surface area contributed by atoms with E-state index < -0.39 is 17.7 Å². The average molecular weight is 413 g/mol. The Morgan fingerprint density at radius 2 is 1.92 bits per heavy atom. The molecule has 2 rings (SSSR count). The lowest BCUT2D eigenvalue weighted by Gasteiger charge is -2.40. The van der Waals surface area contributed by atoms with E-state index >= 15 is 0 Å². The van der Waals surface area contributed by atoms with Crippen molar-refractivity contribution >= 4 is 27.6 Å². The van der Waals surface area contributed by atoms with Gasteiger partial charge in [0.2, 0.25) is 0 Å². The molecule has 1 aliphatic heterocycles. The van der Waals surface area contributed by atoms with E-state index in [1.165, 1.54) is 0 Å². The highest BCUT2D eigenvalue weighted by atomic mass is 79.9. The maximum atomic E-state index is 11.9. The molecule has 1 saturated heterocycles. The minimum absolute atomic E-state index is 0.319. The van der Waals surface area contributed by atoms with E-state index in [0.29, 0.717) is 11.0 Å². The SMILES string of the molecule is Cc1ncc(C(OC(C)(C)C)C(=O)O)c(N2CCC(C)(C)CC2)c1Br. The molecule has 1 aromatic heterocycles. The number of rotatable bonds is 4. The minimum atomic E-state index is -1.05. The van der Waals surface area contributed by atoms with Gasteiger partial charge in [-0.2, -0.15) is 0 Å². The summed E-state index contributed by atoms with van der Waals surface area (Å²) in [4.78, 5) is 18.6. The molecule has 1 aromatic rings. The van der Waals surface area contributed by atoms with Crippen molar-refractivity contribution in [1.29, 1.82) is 0 Å². The van der Waals surface area contributed by atoms with Crippen LogP contribution in [0.4, 0.5) is 5.69 Å². The summed E-state index contributed by atoms with van der Waals surface area (Å²) in [6.45, 7) is 13.9. The number of ether oxygens (including phenoxy) is 1. The fourth-order valence-corrected chi connectivity index (χ4v) is 3.61. The van der Waals surface area contributed by atoms with E-state index in [1.807, 2.05) is 27.7 Å². The Morgan fingerprint density at radius 3 is 2.40 bits per heavy atom. The number of piperidine rings is 1. The van der Waals surface area contributed by atoms with Crippen molar-refractivity contribution in [2.45, 2.75) is 66.1 Å². The Hall–Kier alpha value is -1.14. The van der Waals surface area contributed by atoms with Crippen LogP contribution < -0.4 is 4.90 Å². The highest BCUT2D eigenvalue weighted by Crippen LogP contribution is 2.41. The molecule has 0 saturated carbocycles. The quantitative estimate of drug-likeness (QED) is 0.774. The average Bonchev–Trinajstić information content (AvgIpc) is 2.47. The number of carboxylic acids is 1. The standard InChI is InChI=1S/C19H29BrN2O3/c1-12-14(20)15(22-9-7-19(5,6)8-10-22)13(11-21-12)16(17(23)24)25-18(2,3)4/h11,16H,7-10H2,1-6H3,(H,23,24). The number of pyridine rings is 1. The molecule has 0 amide bonds. The second kappa shape index (κ2) is 7.23. The number of halogens is 1. The fourth-order valence-electron chi connectivity index (χ4n) is 3.03. The highest BCUT2D eigenvalue weighted by molar-refractivity contribution is 9.10. The largest absolute Gasteiger partial charge is 0.479 e. The van der Waals surface area contributed by atoms with E-state index in [9.17, 15) is 9.90 Å². The second-order valence-electron chi connectivity index (χ2n) is 8.56. The summed E-state index contributed by atoms with van der Waals surface area (Å²) < 4.78 is 6.72. The number of carboxylic acid groups (broad SMARTS) is 1. The zero-order valence-corrected chi connectivity index (χ0v) is 17.6. The summed E-state index contributed by atoms with van der Waals surface area (Å²) in [5.41, 5.74) is 2.11. The molecule has 1 aliphatic rings. The monoisotopic (exact) mass is 412 g/mol. The van der Waals surface area contributed by atoms with Crippen molar-refractivity contribution in [3.63, 3.8) is 0 Å². The number of aryl methyl sites for hydroxylation is 1. The molecular formula is C19H29BrN2O3. The van der Waals surface area contributed by atoms with Gasteiger partial charge in [-0.1, -0.05) is 13.8 Å². The van der Waals surface area contributed by atoms with Crippen LogP contribution in [0, 0.1) is 12.3 Å². The molecular weight excluding hydrogens is 384 g/mol. The molecule has 1 atom stereocenters. The first kappa shape index (κ1) is 20.2. The maximum absolute atomic E-state index is 11.9. The molecule has 1 fully saturated rings. The second-order valence-corrected chi connectivity index (χ2v) is 9.35. The number of carbonyl (C=O) groups is 1. The third kappa shape index (κ3) is 4.94. The van der Waals surface area contributed by atoms with Gasteiger partial charge in [0.15, 0.2) is 6.10 Å². The fraction of sp³-hybridized carbons (Fsp3) is 0.684. The topological polar surface area (TPSA) is 62.7 Å². The Labute approximate surface area is 158 Å². The van der Waals surface area contributed by atoms with Gasteiger partial charge < -0.3 is 14.7 Å². The van der Waals surface area contributed by atoms with Crippen LogP contribution in [0.1, 0.15) is 64.8 Å². The van der Waals surface area contributed by atoms with Gasteiger partial charge in [0.25, 0.3) is 0 Å². The molecule has 2 heterocycles. The van der Waals surface area contributed by atoms with Gasteiger partial charge in [0.05, 0.1) is 21.5 Å². The Bertz CT molecular complexity index is 643. The van der Waals surface area contributed by atoms with Crippen molar-refractivity contribution in [1.82, 2.24) is 4.98 Å². The molecule has 6 heteroatoms. The molecule has 0 radical (unpaired) electrons. The predicted octanol–water partition coefficient (Wildman–Crippen LogP) is 4.72. The van der Waals surface area contributed by atoms with Crippen LogP contribution in [0.15, 0.2) is 10.7 Å². The van der Waals surface area contributed by atoms with Gasteiger partial charge in [-0.05, 0) is 61.9 Å². The lowest BCUT2D eigenvalue weighted by atomic mass is 9.82. The molecule has 25 heavy (non-hydrogen) atoms. The zero-order chi connectivity index (χ0) is 19.0. The summed E-state index contributed by atoms with van der Waals surface area (Å²) in [5.74, 6) is -0.994. The third-order valence-electron chi connectivity index (χ3n) is 4.61. The van der Waals surface area contributed by atoms with E-state index in [-0.39, 0.29) is 0 Å². The van der Waals surface area contributed by atoms with Crippen LogP contribution in [0.3, 0.4) is 0 Å². The van der Waals surface area contributed by atoms with Gasteiger partial charge in [0, 0.05) is 24.8 Å². The van der Waals surface area contributed by atoms with Crippen LogP contribution >= 0.6 is 15.9 Å². The zero-order valence-electron chi connectivity index (χ0n) is 16.0. The van der Waals surface area contributed by atoms with E-state index in [4.69, 9.17) is 4.74 Å². The lowest BCUT2D eigenvalue weighted by Crippen LogP contribution is -2.39. The smallest absolute Gasteiger partial charge is 0.337 e. The van der Waals surface area contributed by atoms with Gasteiger partial charge >= 0.3 is 5.97 Å². The van der Waals surface area contributed by atoms with Gasteiger partial charge in [-0.25, -0.2) is 4.79 Å². The van der Waals surface area contributed by atoms with Crippen LogP contribution in [0.25, 0.3) is 0 Å². The number of aliphatic carboxylic acids is 1. The molecule has 1 unspecified atom stereocenters. The summed E-state index contributed by atoms with van der Waals surface area (Å²) in [7, 11) is 0. The van der Waals surface area contributed by atoms with Crippen molar-refractivity contribution in [3.8, 4) is 0 Å². The van der Waals surface area contributed by atoms with Gasteiger partial charge in [0.1, 0.15) is 0 Å². The molecule has 5 nitrogen and oxygen atoms in total. The molecule has 0 aliphatic carbocycles. The number of aromatic nitrogens is 1. The van der Waals surface area contributed by atoms with Crippen molar-refractivity contribution < 1.29 is 14.6 Å². The van der Waals surface area contributed by atoms with Crippen molar-refractivity contribution in [3.05, 3.63) is 21.9 Å². The Kier molecular flexibility index (Phi) is 5.84. The van der Waals surface area contributed by atoms with E-state index in [2.05, 4.69) is 39.7 Å². The van der Waals surface area contributed by atoms with E-state index in [0.717, 1.165) is 41.8 Å². The first-order chi connectivity index (χ1) is 11.4. The third-order valence-corrected chi connectivity index (χ3v) is 5.56. The maximum Gasteiger partial charge on any atom is 0.337 e. The predicted molar refractivity (Wildman–Crippen MR) is 103 cm³/mol. The first-order valence-electron chi connectivity index (χ1n) is 8.72. The van der Waals surface area contributed by atoms with Gasteiger partial charge in [-0.3, -0.25) is 4.98 Å². The number of hydrogen-bond acceptors (Lipinski definition) is 4. The van der Waals surface area contributed by atoms with Crippen molar-refractivity contribution in [2.24, 2.45) is 5.41 Å².